The molecular weight excluding hydrogens is 218 g/mol. The van der Waals surface area contributed by atoms with Crippen LogP contribution in [0.25, 0.3) is 0 Å². The van der Waals surface area contributed by atoms with Crippen LogP contribution in [0.4, 0.5) is 0 Å². The van der Waals surface area contributed by atoms with Crippen LogP contribution in [0.2, 0.25) is 0 Å². The highest BCUT2D eigenvalue weighted by Crippen LogP contribution is 2.25. The molecule has 1 aliphatic heterocycles. The summed E-state index contributed by atoms with van der Waals surface area (Å²) >= 11 is 0. The molecule has 17 heavy (non-hydrogen) atoms. The van der Waals surface area contributed by atoms with Crippen molar-refractivity contribution in [1.29, 1.82) is 0 Å². The highest BCUT2D eigenvalue weighted by molar-refractivity contribution is 5.88. The van der Waals surface area contributed by atoms with Gasteiger partial charge >= 0.3 is 5.97 Å². The standard InChI is InChI=1S/C13H19NO3/c1-8-4-9(2)14(6-8)7-11-5-12(13(15)16)10(3)17-11/h5,8-9H,4,6-7H2,1-3H3,(H,15,16). The maximum absolute atomic E-state index is 10.9. The van der Waals surface area contributed by atoms with Crippen LogP contribution >= 0.6 is 0 Å². The summed E-state index contributed by atoms with van der Waals surface area (Å²) in [5.41, 5.74) is 0.278. The number of nitrogens with zero attached hydrogens (tertiary/aromatic N) is 1. The number of rotatable bonds is 3. The molecule has 0 amide bonds. The Kier molecular flexibility index (Phi) is 3.24. The van der Waals surface area contributed by atoms with Gasteiger partial charge < -0.3 is 9.52 Å². The molecule has 0 bridgehead atoms. The number of likely N-dealkylation sites (tertiary alicyclic amines) is 1. The molecule has 4 nitrogen and oxygen atoms in total. The first kappa shape index (κ1) is 12.2. The quantitative estimate of drug-likeness (QED) is 0.877. The number of hydrogen-bond donors (Lipinski definition) is 1. The maximum Gasteiger partial charge on any atom is 0.339 e. The van der Waals surface area contributed by atoms with E-state index in [2.05, 4.69) is 18.7 Å². The van der Waals surface area contributed by atoms with Crippen LogP contribution in [-0.2, 0) is 6.54 Å². The molecule has 1 saturated heterocycles. The third-order valence-electron chi connectivity index (χ3n) is 3.47. The highest BCUT2D eigenvalue weighted by atomic mass is 16.4. The SMILES string of the molecule is Cc1oc(CN2CC(C)CC2C)cc1C(=O)O. The van der Waals surface area contributed by atoms with E-state index >= 15 is 0 Å². The van der Waals surface area contributed by atoms with Gasteiger partial charge in [-0.25, -0.2) is 4.79 Å². The third-order valence-corrected chi connectivity index (χ3v) is 3.47. The highest BCUT2D eigenvalue weighted by Gasteiger charge is 2.27. The van der Waals surface area contributed by atoms with E-state index < -0.39 is 5.97 Å². The lowest BCUT2D eigenvalue weighted by molar-refractivity contribution is 0.0695. The van der Waals surface area contributed by atoms with E-state index in [0.29, 0.717) is 24.3 Å². The lowest BCUT2D eigenvalue weighted by Gasteiger charge is -2.19. The topological polar surface area (TPSA) is 53.7 Å². The van der Waals surface area contributed by atoms with E-state index in [-0.39, 0.29) is 5.56 Å². The molecule has 1 aromatic rings. The zero-order chi connectivity index (χ0) is 12.6. The van der Waals surface area contributed by atoms with Gasteiger partial charge in [0.25, 0.3) is 0 Å². The summed E-state index contributed by atoms with van der Waals surface area (Å²) in [5, 5.41) is 8.96. The van der Waals surface area contributed by atoms with Crippen molar-refractivity contribution >= 4 is 5.97 Å². The largest absolute Gasteiger partial charge is 0.478 e. The van der Waals surface area contributed by atoms with Gasteiger partial charge in [0.1, 0.15) is 17.1 Å². The molecule has 4 heteroatoms. The predicted molar refractivity (Wildman–Crippen MR) is 64.1 cm³/mol. The van der Waals surface area contributed by atoms with Gasteiger partial charge in [-0.15, -0.1) is 0 Å². The van der Waals surface area contributed by atoms with E-state index in [0.717, 1.165) is 12.3 Å². The average molecular weight is 237 g/mol. The molecular formula is C13H19NO3. The van der Waals surface area contributed by atoms with Crippen LogP contribution in [0.3, 0.4) is 0 Å². The molecule has 0 saturated carbocycles. The van der Waals surface area contributed by atoms with Gasteiger partial charge in [0, 0.05) is 12.6 Å². The van der Waals surface area contributed by atoms with Crippen molar-refractivity contribution in [3.63, 3.8) is 0 Å². The first-order valence-electron chi connectivity index (χ1n) is 6.04. The second kappa shape index (κ2) is 4.53. The molecule has 0 radical (unpaired) electrons. The van der Waals surface area contributed by atoms with Crippen molar-refractivity contribution < 1.29 is 14.3 Å². The zero-order valence-corrected chi connectivity index (χ0v) is 10.6. The number of carboxylic acid groups (broad SMARTS) is 1. The average Bonchev–Trinajstić information content (AvgIpc) is 2.71. The summed E-state index contributed by atoms with van der Waals surface area (Å²) in [7, 11) is 0. The number of aromatic carboxylic acids is 1. The van der Waals surface area contributed by atoms with Gasteiger partial charge in [0.15, 0.2) is 0 Å². The number of carboxylic acids is 1. The molecule has 0 aliphatic carbocycles. The maximum atomic E-state index is 10.9. The fourth-order valence-electron chi connectivity index (χ4n) is 2.64. The fraction of sp³-hybridized carbons (Fsp3) is 0.615. The first-order valence-corrected chi connectivity index (χ1v) is 6.04. The third kappa shape index (κ3) is 2.52. The summed E-state index contributed by atoms with van der Waals surface area (Å²) in [6.07, 6.45) is 1.20. The Balaban J connectivity index is 2.09. The lowest BCUT2D eigenvalue weighted by Crippen LogP contribution is -2.26. The number of carbonyl (C=O) groups is 1. The van der Waals surface area contributed by atoms with Crippen molar-refractivity contribution in [2.45, 2.75) is 39.8 Å². The van der Waals surface area contributed by atoms with Crippen molar-refractivity contribution in [3.05, 3.63) is 23.2 Å². The predicted octanol–water partition coefficient (Wildman–Crippen LogP) is 2.52. The van der Waals surface area contributed by atoms with Crippen molar-refractivity contribution in [1.82, 2.24) is 4.90 Å². The molecule has 2 rings (SSSR count). The van der Waals surface area contributed by atoms with Crippen LogP contribution in [0.15, 0.2) is 10.5 Å². The molecule has 2 heterocycles. The summed E-state index contributed by atoms with van der Waals surface area (Å²) in [4.78, 5) is 13.3. The lowest BCUT2D eigenvalue weighted by atomic mass is 10.1. The Hall–Kier alpha value is -1.29. The molecule has 1 aliphatic rings. The molecule has 1 aromatic heterocycles. The zero-order valence-electron chi connectivity index (χ0n) is 10.6. The Morgan fingerprint density at radius 1 is 1.59 bits per heavy atom. The van der Waals surface area contributed by atoms with Crippen molar-refractivity contribution in [3.8, 4) is 0 Å². The van der Waals surface area contributed by atoms with E-state index in [1.54, 1.807) is 13.0 Å². The van der Waals surface area contributed by atoms with Crippen LogP contribution < -0.4 is 0 Å². The van der Waals surface area contributed by atoms with E-state index in [9.17, 15) is 4.79 Å². The Morgan fingerprint density at radius 2 is 2.29 bits per heavy atom. The van der Waals surface area contributed by atoms with Crippen molar-refractivity contribution in [2.24, 2.45) is 5.92 Å². The molecule has 0 spiro atoms. The minimum Gasteiger partial charge on any atom is -0.478 e. The second-order valence-electron chi connectivity index (χ2n) is 5.11. The smallest absolute Gasteiger partial charge is 0.339 e. The number of furan rings is 1. The first-order chi connectivity index (χ1) is 7.97. The van der Waals surface area contributed by atoms with Crippen LogP contribution in [0.5, 0.6) is 0 Å². The van der Waals surface area contributed by atoms with Crippen LogP contribution in [-0.4, -0.2) is 28.6 Å². The van der Waals surface area contributed by atoms with Crippen LogP contribution in [0.1, 0.15) is 42.1 Å². The van der Waals surface area contributed by atoms with Gasteiger partial charge in [-0.05, 0) is 32.3 Å². The molecule has 2 unspecified atom stereocenters. The van der Waals surface area contributed by atoms with E-state index in [4.69, 9.17) is 9.52 Å². The minimum absolute atomic E-state index is 0.278. The Morgan fingerprint density at radius 3 is 2.76 bits per heavy atom. The van der Waals surface area contributed by atoms with Gasteiger partial charge in [0.05, 0.1) is 6.54 Å². The molecule has 1 N–H and O–H groups in total. The fourth-order valence-corrected chi connectivity index (χ4v) is 2.64. The van der Waals surface area contributed by atoms with E-state index in [1.165, 1.54) is 6.42 Å². The summed E-state index contributed by atoms with van der Waals surface area (Å²) in [5.74, 6) is 1.04. The summed E-state index contributed by atoms with van der Waals surface area (Å²) < 4.78 is 5.50. The van der Waals surface area contributed by atoms with Gasteiger partial charge in [0.2, 0.25) is 0 Å². The number of aryl methyl sites for hydroxylation is 1. The Bertz CT molecular complexity index is 424. The molecule has 2 atom stereocenters. The molecule has 1 fully saturated rings. The van der Waals surface area contributed by atoms with Crippen molar-refractivity contribution in [2.75, 3.05) is 6.54 Å². The minimum atomic E-state index is -0.916. The van der Waals surface area contributed by atoms with Gasteiger partial charge in [-0.3, -0.25) is 4.90 Å². The van der Waals surface area contributed by atoms with Gasteiger partial charge in [-0.2, -0.15) is 0 Å². The second-order valence-corrected chi connectivity index (χ2v) is 5.11. The summed E-state index contributed by atoms with van der Waals surface area (Å²) in [6, 6.07) is 2.19. The van der Waals surface area contributed by atoms with E-state index in [1.807, 2.05) is 0 Å². The monoisotopic (exact) mass is 237 g/mol. The summed E-state index contributed by atoms with van der Waals surface area (Å²) in [6.45, 7) is 7.91. The Labute approximate surface area is 101 Å². The van der Waals surface area contributed by atoms with Gasteiger partial charge in [-0.1, -0.05) is 6.92 Å². The normalized spacial score (nSPS) is 25.4. The van der Waals surface area contributed by atoms with Crippen LogP contribution in [0, 0.1) is 12.8 Å². The molecule has 0 aromatic carbocycles. The molecule has 94 valence electrons. The number of hydrogen-bond acceptors (Lipinski definition) is 3.